The Labute approximate surface area is 179 Å². The van der Waals surface area contributed by atoms with Crippen molar-refractivity contribution in [3.05, 3.63) is 24.0 Å². The number of sulfone groups is 1. The van der Waals surface area contributed by atoms with Crippen LogP contribution >= 0.6 is 0 Å². The number of likely N-dealkylation sites (tertiary alicyclic amines) is 1. The van der Waals surface area contributed by atoms with Crippen LogP contribution in [0.2, 0.25) is 0 Å². The summed E-state index contributed by atoms with van der Waals surface area (Å²) in [4.78, 5) is 14.8. The molecule has 2 aliphatic rings. The van der Waals surface area contributed by atoms with Gasteiger partial charge in [0, 0.05) is 43.4 Å². The zero-order valence-electron chi connectivity index (χ0n) is 18.3. The molecule has 1 aliphatic heterocycles. The summed E-state index contributed by atoms with van der Waals surface area (Å²) in [6.07, 6.45) is 3.51. The molecule has 168 valence electrons. The zero-order chi connectivity index (χ0) is 22.2. The highest BCUT2D eigenvalue weighted by molar-refractivity contribution is 7.92. The molecule has 0 aromatic heterocycles. The average molecular weight is 441 g/mol. The Balaban J connectivity index is 1.46. The summed E-state index contributed by atoms with van der Waals surface area (Å²) in [5.41, 5.74) is 0.622. The first-order valence-electron chi connectivity index (χ1n) is 10.5. The highest BCUT2D eigenvalue weighted by atomic mass is 32.2. The molecular formula is C22H33FN2O4S. The first-order valence-corrected chi connectivity index (χ1v) is 12.2. The molecule has 8 heteroatoms. The van der Waals surface area contributed by atoms with Gasteiger partial charge in [-0.2, -0.15) is 0 Å². The number of carbonyl (C=O) groups is 1. The Morgan fingerprint density at radius 2 is 1.87 bits per heavy atom. The third kappa shape index (κ3) is 5.14. The van der Waals surface area contributed by atoms with Gasteiger partial charge in [0.15, 0.2) is 9.84 Å². The van der Waals surface area contributed by atoms with E-state index in [2.05, 4.69) is 10.2 Å². The zero-order valence-corrected chi connectivity index (χ0v) is 19.1. The maximum Gasteiger partial charge on any atom is 0.227 e. The fourth-order valence-electron chi connectivity index (χ4n) is 4.42. The number of hydrogen-bond donors (Lipinski definition) is 1. The van der Waals surface area contributed by atoms with Crippen molar-refractivity contribution in [2.45, 2.75) is 51.2 Å². The lowest BCUT2D eigenvalue weighted by Crippen LogP contribution is -2.59. The predicted octanol–water partition coefficient (Wildman–Crippen LogP) is 3.48. The molecule has 2 fully saturated rings. The van der Waals surface area contributed by atoms with E-state index in [1.165, 1.54) is 19.2 Å². The van der Waals surface area contributed by atoms with Gasteiger partial charge in [-0.15, -0.1) is 0 Å². The van der Waals surface area contributed by atoms with Crippen molar-refractivity contribution in [1.29, 1.82) is 0 Å². The molecule has 30 heavy (non-hydrogen) atoms. The van der Waals surface area contributed by atoms with Crippen molar-refractivity contribution in [2.75, 3.05) is 37.8 Å². The van der Waals surface area contributed by atoms with Crippen molar-refractivity contribution in [2.24, 2.45) is 11.3 Å². The van der Waals surface area contributed by atoms with Crippen molar-refractivity contribution in [1.82, 2.24) is 4.90 Å². The minimum Gasteiger partial charge on any atom is -0.497 e. The standard InChI is InChI=1S/C22H33FN2O4S/c1-21(2,3)30(27,28)10-9-25-14-22(15-25)7-5-16(6-8-22)20(26)24-18-11-17(23)12-19(13-18)29-4/h11-13,16H,5-10,14-15H2,1-4H3,(H,24,26). The summed E-state index contributed by atoms with van der Waals surface area (Å²) in [5.74, 6) is -0.0503. The Hall–Kier alpha value is -1.67. The number of nitrogens with zero attached hydrogens (tertiary/aromatic N) is 1. The van der Waals surface area contributed by atoms with Crippen LogP contribution in [0.15, 0.2) is 18.2 Å². The summed E-state index contributed by atoms with van der Waals surface area (Å²) >= 11 is 0. The molecule has 3 rings (SSSR count). The quantitative estimate of drug-likeness (QED) is 0.733. The van der Waals surface area contributed by atoms with Gasteiger partial charge in [-0.3, -0.25) is 4.79 Å². The van der Waals surface area contributed by atoms with Gasteiger partial charge in [0.25, 0.3) is 0 Å². The van der Waals surface area contributed by atoms with E-state index in [1.807, 2.05) is 0 Å². The van der Waals surface area contributed by atoms with E-state index in [1.54, 1.807) is 26.8 Å². The number of methoxy groups -OCH3 is 1. The molecule has 1 heterocycles. The minimum absolute atomic E-state index is 0.0787. The van der Waals surface area contributed by atoms with Crippen LogP contribution in [0.5, 0.6) is 5.75 Å². The van der Waals surface area contributed by atoms with E-state index in [-0.39, 0.29) is 23.0 Å². The molecule has 6 nitrogen and oxygen atoms in total. The second-order valence-corrected chi connectivity index (χ2v) is 12.6. The minimum atomic E-state index is -3.10. The maximum atomic E-state index is 13.6. The van der Waals surface area contributed by atoms with Crippen LogP contribution in [-0.2, 0) is 14.6 Å². The van der Waals surface area contributed by atoms with E-state index < -0.39 is 20.4 Å². The Kier molecular flexibility index (Phi) is 6.49. The van der Waals surface area contributed by atoms with Crippen LogP contribution in [0, 0.1) is 17.2 Å². The van der Waals surface area contributed by atoms with Gasteiger partial charge in [-0.25, -0.2) is 12.8 Å². The first-order chi connectivity index (χ1) is 13.9. The van der Waals surface area contributed by atoms with Crippen LogP contribution in [-0.4, -0.2) is 56.5 Å². The normalized spacial score (nSPS) is 20.0. The van der Waals surface area contributed by atoms with E-state index in [4.69, 9.17) is 4.74 Å². The first kappa shape index (κ1) is 23.0. The molecule has 1 N–H and O–H groups in total. The summed E-state index contributed by atoms with van der Waals surface area (Å²) in [7, 11) is -1.64. The number of ether oxygens (including phenoxy) is 1. The molecule has 1 aliphatic carbocycles. The SMILES string of the molecule is COc1cc(F)cc(NC(=O)C2CCC3(CC2)CN(CCS(=O)(=O)C(C)(C)C)C3)c1. The van der Waals surface area contributed by atoms with E-state index in [0.717, 1.165) is 38.8 Å². The molecule has 1 spiro atoms. The number of halogens is 1. The van der Waals surface area contributed by atoms with Crippen LogP contribution in [0.25, 0.3) is 0 Å². The molecule has 0 bridgehead atoms. The van der Waals surface area contributed by atoms with Crippen molar-refractivity contribution < 1.29 is 22.3 Å². The third-order valence-corrected chi connectivity index (χ3v) is 9.10. The fourth-order valence-corrected chi connectivity index (χ4v) is 5.53. The molecule has 1 aromatic carbocycles. The smallest absolute Gasteiger partial charge is 0.227 e. The number of carbonyl (C=O) groups excluding carboxylic acids is 1. The van der Waals surface area contributed by atoms with Gasteiger partial charge in [-0.05, 0) is 57.9 Å². The number of benzene rings is 1. The van der Waals surface area contributed by atoms with Gasteiger partial charge >= 0.3 is 0 Å². The Bertz CT molecular complexity index is 879. The lowest BCUT2D eigenvalue weighted by Gasteiger charge is -2.53. The molecule has 0 unspecified atom stereocenters. The van der Waals surface area contributed by atoms with Crippen molar-refractivity contribution in [3.63, 3.8) is 0 Å². The highest BCUT2D eigenvalue weighted by Crippen LogP contribution is 2.45. The van der Waals surface area contributed by atoms with Crippen molar-refractivity contribution >= 4 is 21.4 Å². The lowest BCUT2D eigenvalue weighted by molar-refractivity contribution is -0.123. The van der Waals surface area contributed by atoms with Crippen LogP contribution in [0.3, 0.4) is 0 Å². The predicted molar refractivity (Wildman–Crippen MR) is 116 cm³/mol. The summed E-state index contributed by atoms with van der Waals surface area (Å²) < 4.78 is 42.5. The molecule has 1 saturated carbocycles. The largest absolute Gasteiger partial charge is 0.497 e. The molecular weight excluding hydrogens is 407 g/mol. The van der Waals surface area contributed by atoms with Gasteiger partial charge in [-0.1, -0.05) is 0 Å². The second kappa shape index (κ2) is 8.46. The number of rotatable bonds is 6. The molecule has 1 saturated heterocycles. The van der Waals surface area contributed by atoms with Gasteiger partial charge < -0.3 is 15.0 Å². The molecule has 0 radical (unpaired) electrons. The van der Waals surface area contributed by atoms with Crippen LogP contribution in [0.4, 0.5) is 10.1 Å². The number of anilines is 1. The number of nitrogens with one attached hydrogen (secondary N) is 1. The van der Waals surface area contributed by atoms with E-state index >= 15 is 0 Å². The fraction of sp³-hybridized carbons (Fsp3) is 0.682. The second-order valence-electron chi connectivity index (χ2n) is 9.79. The molecule has 1 aromatic rings. The van der Waals surface area contributed by atoms with Crippen molar-refractivity contribution in [3.8, 4) is 5.75 Å². The summed E-state index contributed by atoms with van der Waals surface area (Å²) in [5, 5.41) is 2.81. The lowest BCUT2D eigenvalue weighted by atomic mass is 9.66. The van der Waals surface area contributed by atoms with Gasteiger partial charge in [0.05, 0.1) is 17.6 Å². The Morgan fingerprint density at radius 1 is 1.23 bits per heavy atom. The summed E-state index contributed by atoms with van der Waals surface area (Å²) in [6.45, 7) is 7.61. The maximum absolute atomic E-state index is 13.6. The Morgan fingerprint density at radius 3 is 2.43 bits per heavy atom. The van der Waals surface area contributed by atoms with E-state index in [9.17, 15) is 17.6 Å². The third-order valence-electron chi connectivity index (χ3n) is 6.52. The van der Waals surface area contributed by atoms with Gasteiger partial charge in [0.2, 0.25) is 5.91 Å². The van der Waals surface area contributed by atoms with Crippen LogP contribution < -0.4 is 10.1 Å². The highest BCUT2D eigenvalue weighted by Gasteiger charge is 2.46. The van der Waals surface area contributed by atoms with Crippen LogP contribution in [0.1, 0.15) is 46.5 Å². The van der Waals surface area contributed by atoms with Gasteiger partial charge in [0.1, 0.15) is 11.6 Å². The van der Waals surface area contributed by atoms with E-state index in [0.29, 0.717) is 18.0 Å². The number of amides is 1. The molecule has 1 amide bonds. The topological polar surface area (TPSA) is 75.7 Å². The monoisotopic (exact) mass is 440 g/mol. The molecule has 0 atom stereocenters. The number of hydrogen-bond acceptors (Lipinski definition) is 5. The average Bonchev–Trinajstić information content (AvgIpc) is 2.63. The summed E-state index contributed by atoms with van der Waals surface area (Å²) in [6, 6.07) is 4.18.